The van der Waals surface area contributed by atoms with Crippen LogP contribution in [0.3, 0.4) is 0 Å². The molecule has 3 aromatic carbocycles. The van der Waals surface area contributed by atoms with Crippen LogP contribution in [-0.2, 0) is 10.0 Å². The number of nitrogens with one attached hydrogen (secondary N) is 2. The molecule has 0 heterocycles. The normalized spacial score (nSPS) is 12.1. The first-order valence-corrected chi connectivity index (χ1v) is 11.9. The van der Waals surface area contributed by atoms with Gasteiger partial charge in [0.2, 0.25) is 0 Å². The average Bonchev–Trinajstić information content (AvgIpc) is 2.77. The number of benzene rings is 3. The van der Waals surface area contributed by atoms with Gasteiger partial charge in [0.1, 0.15) is 5.75 Å². The van der Waals surface area contributed by atoms with Crippen molar-refractivity contribution < 1.29 is 17.9 Å². The number of carbonyl (C=O) groups excluding carboxylic acids is 1. The van der Waals surface area contributed by atoms with Crippen LogP contribution in [0.15, 0.2) is 71.6 Å². The van der Waals surface area contributed by atoms with Crippen LogP contribution >= 0.6 is 11.6 Å². The SMILES string of the molecule is CC[C@@H](NC(=O)c1ccc(NS(=O)(=O)c2ccccc2)cc1Cl)c1ccc(OC)c(C)c1. The summed E-state index contributed by atoms with van der Waals surface area (Å²) in [5, 5.41) is 3.15. The van der Waals surface area contributed by atoms with Crippen molar-refractivity contribution in [2.24, 2.45) is 0 Å². The summed E-state index contributed by atoms with van der Waals surface area (Å²) < 4.78 is 32.8. The van der Waals surface area contributed by atoms with Crippen molar-refractivity contribution in [3.05, 3.63) is 88.4 Å². The van der Waals surface area contributed by atoms with Crippen molar-refractivity contribution >= 4 is 33.2 Å². The van der Waals surface area contributed by atoms with E-state index in [1.54, 1.807) is 25.3 Å². The first-order chi connectivity index (χ1) is 15.2. The van der Waals surface area contributed by atoms with Crippen molar-refractivity contribution in [2.45, 2.75) is 31.2 Å². The van der Waals surface area contributed by atoms with Crippen LogP contribution < -0.4 is 14.8 Å². The Balaban J connectivity index is 1.76. The fourth-order valence-electron chi connectivity index (χ4n) is 3.35. The van der Waals surface area contributed by atoms with Gasteiger partial charge in [-0.15, -0.1) is 0 Å². The molecule has 0 fully saturated rings. The summed E-state index contributed by atoms with van der Waals surface area (Å²) >= 11 is 6.32. The van der Waals surface area contributed by atoms with E-state index in [4.69, 9.17) is 16.3 Å². The van der Waals surface area contributed by atoms with Crippen molar-refractivity contribution in [3.8, 4) is 5.75 Å². The van der Waals surface area contributed by atoms with Crippen LogP contribution in [0.2, 0.25) is 5.02 Å². The third kappa shape index (κ3) is 5.41. The Labute approximate surface area is 193 Å². The maximum Gasteiger partial charge on any atom is 0.261 e. The quantitative estimate of drug-likeness (QED) is 0.463. The average molecular weight is 473 g/mol. The number of methoxy groups -OCH3 is 1. The third-order valence-corrected chi connectivity index (χ3v) is 6.76. The topological polar surface area (TPSA) is 84.5 Å². The van der Waals surface area contributed by atoms with Crippen LogP contribution in [0, 0.1) is 6.92 Å². The largest absolute Gasteiger partial charge is 0.496 e. The molecule has 0 aliphatic heterocycles. The zero-order valence-corrected chi connectivity index (χ0v) is 19.6. The van der Waals surface area contributed by atoms with Gasteiger partial charge in [-0.3, -0.25) is 9.52 Å². The highest BCUT2D eigenvalue weighted by atomic mass is 35.5. The minimum absolute atomic E-state index is 0.138. The Hall–Kier alpha value is -3.03. The number of hydrogen-bond acceptors (Lipinski definition) is 4. The molecule has 168 valence electrons. The van der Waals surface area contributed by atoms with Crippen LogP contribution in [-0.4, -0.2) is 21.4 Å². The van der Waals surface area contributed by atoms with E-state index in [-0.39, 0.29) is 33.1 Å². The number of aryl methyl sites for hydroxylation is 1. The summed E-state index contributed by atoms with van der Waals surface area (Å²) in [6.45, 7) is 3.93. The van der Waals surface area contributed by atoms with Gasteiger partial charge in [-0.2, -0.15) is 0 Å². The Morgan fingerprint density at radius 3 is 2.38 bits per heavy atom. The number of halogens is 1. The Kier molecular flexibility index (Phi) is 7.43. The van der Waals surface area contributed by atoms with Crippen molar-refractivity contribution in [2.75, 3.05) is 11.8 Å². The highest BCUT2D eigenvalue weighted by molar-refractivity contribution is 7.92. The van der Waals surface area contributed by atoms with Crippen LogP contribution in [0.4, 0.5) is 5.69 Å². The highest BCUT2D eigenvalue weighted by Gasteiger charge is 2.19. The predicted octanol–water partition coefficient (Wildman–Crippen LogP) is 5.34. The Morgan fingerprint density at radius 1 is 1.06 bits per heavy atom. The maximum atomic E-state index is 12.9. The second-order valence-electron chi connectivity index (χ2n) is 7.28. The zero-order chi connectivity index (χ0) is 23.3. The number of sulfonamides is 1. The molecule has 1 amide bonds. The molecule has 0 radical (unpaired) electrons. The van der Waals surface area contributed by atoms with Crippen molar-refractivity contribution in [1.82, 2.24) is 5.32 Å². The lowest BCUT2D eigenvalue weighted by molar-refractivity contribution is 0.0935. The molecule has 32 heavy (non-hydrogen) atoms. The van der Waals surface area contributed by atoms with Crippen LogP contribution in [0.1, 0.15) is 40.9 Å². The van der Waals surface area contributed by atoms with E-state index in [0.717, 1.165) is 16.9 Å². The summed E-state index contributed by atoms with van der Waals surface area (Å²) in [5.41, 5.74) is 2.47. The molecule has 0 aliphatic carbocycles. The summed E-state index contributed by atoms with van der Waals surface area (Å²) in [7, 11) is -2.13. The maximum absolute atomic E-state index is 12.9. The van der Waals surface area contributed by atoms with Crippen molar-refractivity contribution in [3.63, 3.8) is 0 Å². The summed E-state index contributed by atoms with van der Waals surface area (Å²) in [4.78, 5) is 13.0. The number of anilines is 1. The second kappa shape index (κ2) is 10.1. The predicted molar refractivity (Wildman–Crippen MR) is 127 cm³/mol. The lowest BCUT2D eigenvalue weighted by Crippen LogP contribution is -2.28. The molecule has 0 aromatic heterocycles. The van der Waals surface area contributed by atoms with Gasteiger partial charge in [0.15, 0.2) is 0 Å². The van der Waals surface area contributed by atoms with Gasteiger partial charge in [0.25, 0.3) is 15.9 Å². The van der Waals surface area contributed by atoms with E-state index in [0.29, 0.717) is 6.42 Å². The van der Waals surface area contributed by atoms with Crippen LogP contribution in [0.5, 0.6) is 5.75 Å². The number of ether oxygens (including phenoxy) is 1. The molecular weight excluding hydrogens is 448 g/mol. The smallest absolute Gasteiger partial charge is 0.261 e. The van der Waals surface area contributed by atoms with Gasteiger partial charge < -0.3 is 10.1 Å². The third-order valence-electron chi connectivity index (χ3n) is 5.05. The van der Waals surface area contributed by atoms with Gasteiger partial charge in [-0.05, 0) is 60.9 Å². The second-order valence-corrected chi connectivity index (χ2v) is 9.37. The van der Waals surface area contributed by atoms with Gasteiger partial charge >= 0.3 is 0 Å². The molecule has 0 unspecified atom stereocenters. The minimum atomic E-state index is -3.75. The molecule has 6 nitrogen and oxygen atoms in total. The monoisotopic (exact) mass is 472 g/mol. The van der Waals surface area contributed by atoms with E-state index in [1.165, 1.54) is 30.3 Å². The first-order valence-electron chi connectivity index (χ1n) is 10.1. The lowest BCUT2D eigenvalue weighted by Gasteiger charge is -2.19. The molecule has 3 rings (SSSR count). The Bertz CT molecular complexity index is 1210. The fraction of sp³-hybridized carbons (Fsp3) is 0.208. The number of amides is 1. The van der Waals surface area contributed by atoms with Crippen LogP contribution in [0.25, 0.3) is 0 Å². The molecule has 0 aliphatic rings. The standard InChI is InChI=1S/C24H25ClN2O4S/c1-4-22(17-10-13-23(31-3)16(2)14-17)26-24(28)20-12-11-18(15-21(20)25)27-32(29,30)19-8-6-5-7-9-19/h5-15,22,27H,4H2,1-3H3,(H,26,28)/t22-/m1/s1. The highest BCUT2D eigenvalue weighted by Crippen LogP contribution is 2.27. The summed E-state index contributed by atoms with van der Waals surface area (Å²) in [6.07, 6.45) is 0.685. The lowest BCUT2D eigenvalue weighted by atomic mass is 10.0. The molecule has 3 aromatic rings. The van der Waals surface area contributed by atoms with Gasteiger partial charge in [-0.1, -0.05) is 48.9 Å². The van der Waals surface area contributed by atoms with E-state index >= 15 is 0 Å². The van der Waals surface area contributed by atoms with Gasteiger partial charge in [0, 0.05) is 0 Å². The number of hydrogen-bond donors (Lipinski definition) is 2. The van der Waals surface area contributed by atoms with E-state index in [1.807, 2.05) is 32.0 Å². The zero-order valence-electron chi connectivity index (χ0n) is 18.1. The van der Waals surface area contributed by atoms with E-state index in [2.05, 4.69) is 10.0 Å². The number of rotatable bonds is 8. The molecule has 0 spiro atoms. The molecule has 8 heteroatoms. The first kappa shape index (κ1) is 23.6. The Morgan fingerprint density at radius 2 is 1.78 bits per heavy atom. The fourth-order valence-corrected chi connectivity index (χ4v) is 4.69. The minimum Gasteiger partial charge on any atom is -0.496 e. The molecule has 0 saturated carbocycles. The van der Waals surface area contributed by atoms with Gasteiger partial charge in [0.05, 0.1) is 34.3 Å². The molecule has 0 saturated heterocycles. The molecular formula is C24H25ClN2O4S. The summed E-state index contributed by atoms with van der Waals surface area (Å²) in [5.74, 6) is 0.444. The molecule has 1 atom stereocenters. The van der Waals surface area contributed by atoms with Gasteiger partial charge in [-0.25, -0.2) is 8.42 Å². The van der Waals surface area contributed by atoms with E-state index in [9.17, 15) is 13.2 Å². The van der Waals surface area contributed by atoms with E-state index < -0.39 is 10.0 Å². The summed E-state index contributed by atoms with van der Waals surface area (Å²) in [6, 6.07) is 18.0. The molecule has 2 N–H and O–H groups in total. The van der Waals surface area contributed by atoms with Crippen molar-refractivity contribution in [1.29, 1.82) is 0 Å². The number of carbonyl (C=O) groups is 1. The molecule has 0 bridgehead atoms.